The van der Waals surface area contributed by atoms with Gasteiger partial charge in [0.15, 0.2) is 0 Å². The monoisotopic (exact) mass is 287 g/mol. The van der Waals surface area contributed by atoms with Gasteiger partial charge in [0.05, 0.1) is 0 Å². The van der Waals surface area contributed by atoms with Crippen molar-refractivity contribution < 1.29 is 0 Å². The van der Waals surface area contributed by atoms with Crippen LogP contribution in [-0.2, 0) is 0 Å². The highest BCUT2D eigenvalue weighted by Crippen LogP contribution is 2.37. The highest BCUT2D eigenvalue weighted by Gasteiger charge is 2.39. The summed E-state index contributed by atoms with van der Waals surface area (Å²) in [6, 6.07) is 2.61. The third-order valence-electron chi connectivity index (χ3n) is 5.54. The predicted molar refractivity (Wildman–Crippen MR) is 83.3 cm³/mol. The Morgan fingerprint density at radius 2 is 1.90 bits per heavy atom. The van der Waals surface area contributed by atoms with Gasteiger partial charge in [0.1, 0.15) is 0 Å². The number of piperazine rings is 1. The molecule has 5 nitrogen and oxygen atoms in total. The zero-order valence-corrected chi connectivity index (χ0v) is 12.6. The second-order valence-electron chi connectivity index (χ2n) is 6.71. The van der Waals surface area contributed by atoms with E-state index in [4.69, 9.17) is 0 Å². The lowest BCUT2D eigenvalue weighted by atomic mass is 9.94. The molecular formula is C16H25N5. The van der Waals surface area contributed by atoms with Crippen LogP contribution in [0.5, 0.6) is 0 Å². The van der Waals surface area contributed by atoms with Crippen LogP contribution >= 0.6 is 0 Å². The molecule has 1 N–H and O–H groups in total. The van der Waals surface area contributed by atoms with Gasteiger partial charge in [0.2, 0.25) is 5.95 Å². The normalized spacial score (nSPS) is 33.3. The molecule has 2 saturated heterocycles. The molecule has 3 unspecified atom stereocenters. The summed E-state index contributed by atoms with van der Waals surface area (Å²) < 4.78 is 0. The van der Waals surface area contributed by atoms with Gasteiger partial charge in [-0.2, -0.15) is 0 Å². The number of hydrogen-bond acceptors (Lipinski definition) is 5. The van der Waals surface area contributed by atoms with Crippen molar-refractivity contribution in [1.82, 2.24) is 20.2 Å². The fraction of sp³-hybridized carbons (Fsp3) is 0.750. The van der Waals surface area contributed by atoms with Crippen LogP contribution in [0.2, 0.25) is 0 Å². The largest absolute Gasteiger partial charge is 0.338 e. The minimum absolute atomic E-state index is 0.733. The Morgan fingerprint density at radius 1 is 1.10 bits per heavy atom. The minimum Gasteiger partial charge on any atom is -0.338 e. The first kappa shape index (κ1) is 13.5. The van der Waals surface area contributed by atoms with Crippen molar-refractivity contribution >= 4 is 5.95 Å². The Morgan fingerprint density at radius 3 is 2.71 bits per heavy atom. The predicted octanol–water partition coefficient (Wildman–Crippen LogP) is 0.987. The van der Waals surface area contributed by atoms with Gasteiger partial charge in [0, 0.05) is 51.2 Å². The Balaban J connectivity index is 1.30. The Bertz CT molecular complexity index is 457. The Kier molecular flexibility index (Phi) is 3.78. The van der Waals surface area contributed by atoms with Crippen LogP contribution in [0.3, 0.4) is 0 Å². The molecule has 0 aromatic carbocycles. The lowest BCUT2D eigenvalue weighted by Crippen LogP contribution is -2.51. The van der Waals surface area contributed by atoms with Gasteiger partial charge in [-0.05, 0) is 37.3 Å². The number of nitrogens with one attached hydrogen (secondary N) is 1. The second kappa shape index (κ2) is 5.89. The van der Waals surface area contributed by atoms with Crippen LogP contribution < -0.4 is 10.2 Å². The Hall–Kier alpha value is -1.20. The maximum atomic E-state index is 4.36. The topological polar surface area (TPSA) is 44.3 Å². The number of rotatable bonds is 3. The van der Waals surface area contributed by atoms with E-state index >= 15 is 0 Å². The van der Waals surface area contributed by atoms with E-state index in [1.54, 1.807) is 0 Å². The molecule has 114 valence electrons. The van der Waals surface area contributed by atoms with Crippen LogP contribution in [0.4, 0.5) is 5.95 Å². The second-order valence-corrected chi connectivity index (χ2v) is 6.71. The number of nitrogens with zero attached hydrogens (tertiary/aromatic N) is 4. The summed E-state index contributed by atoms with van der Waals surface area (Å²) in [7, 11) is 0. The molecule has 21 heavy (non-hydrogen) atoms. The zero-order valence-electron chi connectivity index (χ0n) is 12.6. The molecule has 0 amide bonds. The van der Waals surface area contributed by atoms with E-state index in [1.807, 2.05) is 18.5 Å². The molecule has 4 rings (SSSR count). The van der Waals surface area contributed by atoms with E-state index in [0.717, 1.165) is 50.0 Å². The van der Waals surface area contributed by atoms with Crippen LogP contribution in [0, 0.1) is 11.8 Å². The molecule has 1 aromatic rings. The van der Waals surface area contributed by atoms with Crippen LogP contribution in [0.1, 0.15) is 19.3 Å². The van der Waals surface area contributed by atoms with Crippen molar-refractivity contribution in [2.75, 3.05) is 44.2 Å². The molecule has 2 aliphatic heterocycles. The van der Waals surface area contributed by atoms with Crippen molar-refractivity contribution in [3.63, 3.8) is 0 Å². The van der Waals surface area contributed by atoms with Gasteiger partial charge in [-0.1, -0.05) is 6.42 Å². The summed E-state index contributed by atoms with van der Waals surface area (Å²) in [5.74, 6) is 2.79. The number of anilines is 1. The van der Waals surface area contributed by atoms with E-state index in [9.17, 15) is 0 Å². The molecule has 1 aromatic heterocycles. The number of hydrogen-bond donors (Lipinski definition) is 1. The molecule has 0 spiro atoms. The molecule has 3 atom stereocenters. The average molecular weight is 287 g/mol. The van der Waals surface area contributed by atoms with E-state index in [1.165, 1.54) is 32.4 Å². The molecule has 5 heteroatoms. The molecule has 3 aliphatic rings. The van der Waals surface area contributed by atoms with E-state index < -0.39 is 0 Å². The number of aromatic nitrogens is 2. The fourth-order valence-corrected chi connectivity index (χ4v) is 4.37. The third-order valence-corrected chi connectivity index (χ3v) is 5.54. The molecule has 0 radical (unpaired) electrons. The smallest absolute Gasteiger partial charge is 0.225 e. The summed E-state index contributed by atoms with van der Waals surface area (Å²) >= 11 is 0. The summed E-state index contributed by atoms with van der Waals surface area (Å²) in [6.45, 7) is 6.84. The van der Waals surface area contributed by atoms with E-state index in [0.29, 0.717) is 0 Å². The van der Waals surface area contributed by atoms with Gasteiger partial charge in [0.25, 0.3) is 0 Å². The third kappa shape index (κ3) is 2.77. The van der Waals surface area contributed by atoms with Gasteiger partial charge >= 0.3 is 0 Å². The summed E-state index contributed by atoms with van der Waals surface area (Å²) in [4.78, 5) is 13.6. The van der Waals surface area contributed by atoms with Crippen molar-refractivity contribution in [3.8, 4) is 0 Å². The number of fused-ring (bicyclic) bond motifs is 1. The van der Waals surface area contributed by atoms with Gasteiger partial charge in [-0.15, -0.1) is 0 Å². The highest BCUT2D eigenvalue weighted by atomic mass is 15.3. The molecular weight excluding hydrogens is 262 g/mol. The molecule has 1 saturated carbocycles. The summed E-state index contributed by atoms with van der Waals surface area (Å²) in [6.07, 6.45) is 8.01. The van der Waals surface area contributed by atoms with Crippen molar-refractivity contribution in [2.24, 2.45) is 11.8 Å². The van der Waals surface area contributed by atoms with Gasteiger partial charge in [-0.3, -0.25) is 4.90 Å². The van der Waals surface area contributed by atoms with Crippen molar-refractivity contribution in [2.45, 2.75) is 25.3 Å². The van der Waals surface area contributed by atoms with Crippen molar-refractivity contribution in [3.05, 3.63) is 18.5 Å². The van der Waals surface area contributed by atoms with Gasteiger partial charge in [-0.25, -0.2) is 9.97 Å². The first-order valence-corrected chi connectivity index (χ1v) is 8.38. The highest BCUT2D eigenvalue weighted by molar-refractivity contribution is 5.29. The Labute approximate surface area is 126 Å². The maximum absolute atomic E-state index is 4.36. The fourth-order valence-electron chi connectivity index (χ4n) is 4.37. The maximum Gasteiger partial charge on any atom is 0.225 e. The van der Waals surface area contributed by atoms with Crippen molar-refractivity contribution in [1.29, 1.82) is 0 Å². The van der Waals surface area contributed by atoms with Crippen LogP contribution in [0.25, 0.3) is 0 Å². The van der Waals surface area contributed by atoms with Crippen LogP contribution in [0.15, 0.2) is 18.5 Å². The summed E-state index contributed by atoms with van der Waals surface area (Å²) in [5, 5.41) is 3.77. The molecule has 3 heterocycles. The van der Waals surface area contributed by atoms with E-state index in [-0.39, 0.29) is 0 Å². The first-order chi connectivity index (χ1) is 10.4. The molecule has 0 bridgehead atoms. The summed E-state index contributed by atoms with van der Waals surface area (Å²) in [5.41, 5.74) is 0. The zero-order chi connectivity index (χ0) is 14.1. The standard InChI is InChI=1S/C16H25N5/c1-3-13-11-19-15(14(13)4-1)12-20-7-9-21(10-8-20)16-17-5-2-6-18-16/h2,5-6,13-15,19H,1,3-4,7-12H2. The van der Waals surface area contributed by atoms with E-state index in [2.05, 4.69) is 25.1 Å². The lowest BCUT2D eigenvalue weighted by Gasteiger charge is -2.36. The quantitative estimate of drug-likeness (QED) is 0.898. The first-order valence-electron chi connectivity index (χ1n) is 8.38. The van der Waals surface area contributed by atoms with Gasteiger partial charge < -0.3 is 10.2 Å². The minimum atomic E-state index is 0.733. The average Bonchev–Trinajstić information content (AvgIpc) is 3.14. The SMILES string of the molecule is c1cnc(N2CCN(CC3NCC4CCCC43)CC2)nc1. The molecule has 1 aliphatic carbocycles. The van der Waals surface area contributed by atoms with Crippen LogP contribution in [-0.4, -0.2) is 60.2 Å². The lowest BCUT2D eigenvalue weighted by molar-refractivity contribution is 0.214. The molecule has 3 fully saturated rings.